The minimum Gasteiger partial charge on any atom is -0.379 e. The van der Waals surface area contributed by atoms with Crippen molar-refractivity contribution in [1.82, 2.24) is 10.2 Å². The summed E-state index contributed by atoms with van der Waals surface area (Å²) in [5, 5.41) is 3.79. The van der Waals surface area contributed by atoms with Gasteiger partial charge in [0.05, 0.1) is 5.60 Å². The lowest BCUT2D eigenvalue weighted by Crippen LogP contribution is -2.59. The molecule has 0 amide bonds. The third-order valence-corrected chi connectivity index (χ3v) is 4.99. The number of nitrogens with zero attached hydrogens (tertiary/aromatic N) is 1. The Balaban J connectivity index is 5.00. The van der Waals surface area contributed by atoms with Gasteiger partial charge in [0.25, 0.3) is 0 Å². The van der Waals surface area contributed by atoms with E-state index in [9.17, 15) is 0 Å². The summed E-state index contributed by atoms with van der Waals surface area (Å²) in [6, 6.07) is 0.516. The summed E-state index contributed by atoms with van der Waals surface area (Å²) in [4.78, 5) is 2.42. The van der Waals surface area contributed by atoms with Gasteiger partial charge in [-0.15, -0.1) is 0 Å². The Kier molecular flexibility index (Phi) is 8.96. The molecule has 0 fully saturated rings. The lowest BCUT2D eigenvalue weighted by Gasteiger charge is -2.46. The maximum atomic E-state index is 5.59. The van der Waals surface area contributed by atoms with Gasteiger partial charge in [0.15, 0.2) is 0 Å². The first-order valence-electron chi connectivity index (χ1n) is 8.25. The quantitative estimate of drug-likeness (QED) is 0.627. The van der Waals surface area contributed by atoms with Gasteiger partial charge >= 0.3 is 0 Å². The average Bonchev–Trinajstić information content (AvgIpc) is 2.42. The molecule has 0 saturated heterocycles. The molecule has 3 nitrogen and oxygen atoms in total. The monoisotopic (exact) mass is 286 g/mol. The van der Waals surface area contributed by atoms with E-state index >= 15 is 0 Å². The van der Waals surface area contributed by atoms with Gasteiger partial charge in [-0.25, -0.2) is 0 Å². The molecule has 122 valence electrons. The fourth-order valence-corrected chi connectivity index (χ4v) is 3.16. The maximum absolute atomic E-state index is 5.59. The maximum Gasteiger partial charge on any atom is 0.0623 e. The van der Waals surface area contributed by atoms with Gasteiger partial charge in [0.2, 0.25) is 0 Å². The second-order valence-corrected chi connectivity index (χ2v) is 6.71. The molecule has 20 heavy (non-hydrogen) atoms. The Morgan fingerprint density at radius 3 is 2.00 bits per heavy atom. The summed E-state index contributed by atoms with van der Waals surface area (Å²) in [5.41, 5.74) is 0.199. The summed E-state index contributed by atoms with van der Waals surface area (Å²) in [6.45, 7) is 12.3. The number of hydrogen-bond donors (Lipinski definition) is 1. The van der Waals surface area contributed by atoms with Gasteiger partial charge in [0.1, 0.15) is 0 Å². The molecule has 0 aliphatic carbocycles. The van der Waals surface area contributed by atoms with Crippen LogP contribution >= 0.6 is 0 Å². The van der Waals surface area contributed by atoms with E-state index in [1.807, 2.05) is 7.11 Å². The van der Waals surface area contributed by atoms with E-state index in [0.717, 1.165) is 19.4 Å². The van der Waals surface area contributed by atoms with Crippen molar-refractivity contribution in [3.8, 4) is 0 Å². The number of nitrogens with one attached hydrogen (secondary N) is 1. The summed E-state index contributed by atoms with van der Waals surface area (Å²) in [6.07, 6.45) is 5.76. The molecule has 1 unspecified atom stereocenters. The molecular formula is C17H38N2O. The third kappa shape index (κ3) is 5.34. The van der Waals surface area contributed by atoms with Crippen LogP contribution in [0.3, 0.4) is 0 Å². The fourth-order valence-electron chi connectivity index (χ4n) is 3.16. The molecule has 0 aliphatic rings. The van der Waals surface area contributed by atoms with Gasteiger partial charge in [-0.05, 0) is 66.6 Å². The van der Waals surface area contributed by atoms with Crippen LogP contribution in [-0.4, -0.2) is 49.8 Å². The van der Waals surface area contributed by atoms with Gasteiger partial charge in [-0.1, -0.05) is 20.8 Å². The Morgan fingerprint density at radius 2 is 1.65 bits per heavy atom. The standard InChI is InChI=1S/C17H38N2O/c1-9-14-18-15(12-13-16(4,5)20-8)17(10-2,11-3)19(6)7/h15,18H,9-14H2,1-8H3. The first kappa shape index (κ1) is 19.9. The highest BCUT2D eigenvalue weighted by Gasteiger charge is 2.38. The molecular weight excluding hydrogens is 248 g/mol. The minimum atomic E-state index is -0.0360. The minimum absolute atomic E-state index is 0.0360. The molecule has 0 heterocycles. The Labute approximate surface area is 127 Å². The molecule has 0 aromatic rings. The molecule has 1 N–H and O–H groups in total. The van der Waals surface area contributed by atoms with Crippen LogP contribution in [0.25, 0.3) is 0 Å². The van der Waals surface area contributed by atoms with E-state index in [0.29, 0.717) is 6.04 Å². The molecule has 0 aliphatic heterocycles. The van der Waals surface area contributed by atoms with E-state index in [4.69, 9.17) is 4.74 Å². The highest BCUT2D eigenvalue weighted by atomic mass is 16.5. The first-order valence-corrected chi connectivity index (χ1v) is 8.25. The number of methoxy groups -OCH3 is 1. The molecule has 1 atom stereocenters. The van der Waals surface area contributed by atoms with Crippen LogP contribution in [0.4, 0.5) is 0 Å². The summed E-state index contributed by atoms with van der Waals surface area (Å²) in [5.74, 6) is 0. The number of ether oxygens (including phenoxy) is 1. The zero-order valence-electron chi connectivity index (χ0n) is 15.2. The van der Waals surface area contributed by atoms with Crippen molar-refractivity contribution >= 4 is 0 Å². The lowest BCUT2D eigenvalue weighted by molar-refractivity contribution is 0.00224. The lowest BCUT2D eigenvalue weighted by atomic mass is 9.79. The van der Waals surface area contributed by atoms with Crippen LogP contribution in [0.2, 0.25) is 0 Å². The van der Waals surface area contributed by atoms with Crippen LogP contribution < -0.4 is 5.32 Å². The molecule has 0 radical (unpaired) electrons. The first-order chi connectivity index (χ1) is 9.29. The van der Waals surface area contributed by atoms with Crippen molar-refractivity contribution in [2.45, 2.75) is 83.9 Å². The van der Waals surface area contributed by atoms with Gasteiger partial charge < -0.3 is 15.0 Å². The van der Waals surface area contributed by atoms with Crippen molar-refractivity contribution < 1.29 is 4.74 Å². The van der Waals surface area contributed by atoms with Crippen LogP contribution in [0.15, 0.2) is 0 Å². The molecule has 0 rings (SSSR count). The van der Waals surface area contributed by atoms with E-state index in [1.54, 1.807) is 0 Å². The summed E-state index contributed by atoms with van der Waals surface area (Å²) >= 11 is 0. The number of rotatable bonds is 11. The van der Waals surface area contributed by atoms with E-state index in [-0.39, 0.29) is 11.1 Å². The second-order valence-electron chi connectivity index (χ2n) is 6.71. The van der Waals surface area contributed by atoms with Crippen LogP contribution in [0, 0.1) is 0 Å². The van der Waals surface area contributed by atoms with Gasteiger partial charge in [0, 0.05) is 18.7 Å². The van der Waals surface area contributed by atoms with Crippen LogP contribution in [0.5, 0.6) is 0 Å². The largest absolute Gasteiger partial charge is 0.379 e. The number of hydrogen-bond acceptors (Lipinski definition) is 3. The fraction of sp³-hybridized carbons (Fsp3) is 1.00. The molecule has 3 heteroatoms. The molecule has 0 spiro atoms. The van der Waals surface area contributed by atoms with Crippen molar-refractivity contribution in [3.63, 3.8) is 0 Å². The zero-order valence-corrected chi connectivity index (χ0v) is 15.2. The zero-order chi connectivity index (χ0) is 15.8. The molecule has 0 aromatic carbocycles. The van der Waals surface area contributed by atoms with Crippen molar-refractivity contribution in [2.75, 3.05) is 27.7 Å². The molecule has 0 aromatic heterocycles. The highest BCUT2D eigenvalue weighted by molar-refractivity contribution is 4.97. The Morgan fingerprint density at radius 1 is 1.10 bits per heavy atom. The highest BCUT2D eigenvalue weighted by Crippen LogP contribution is 2.30. The predicted molar refractivity (Wildman–Crippen MR) is 89.4 cm³/mol. The summed E-state index contributed by atoms with van der Waals surface area (Å²) < 4.78 is 5.59. The Hall–Kier alpha value is -0.120. The van der Waals surface area contributed by atoms with E-state index in [2.05, 4.69) is 58.9 Å². The van der Waals surface area contributed by atoms with E-state index in [1.165, 1.54) is 19.3 Å². The van der Waals surface area contributed by atoms with Gasteiger partial charge in [-0.2, -0.15) is 0 Å². The summed E-state index contributed by atoms with van der Waals surface area (Å²) in [7, 11) is 6.25. The van der Waals surface area contributed by atoms with E-state index < -0.39 is 0 Å². The third-order valence-electron chi connectivity index (χ3n) is 4.99. The average molecular weight is 287 g/mol. The molecule has 0 saturated carbocycles. The van der Waals surface area contributed by atoms with Crippen molar-refractivity contribution in [3.05, 3.63) is 0 Å². The van der Waals surface area contributed by atoms with Gasteiger partial charge in [-0.3, -0.25) is 0 Å². The second kappa shape index (κ2) is 9.01. The SMILES string of the molecule is CCCNC(CCC(C)(C)OC)C(CC)(CC)N(C)C. The topological polar surface area (TPSA) is 24.5 Å². The van der Waals surface area contributed by atoms with Crippen LogP contribution in [-0.2, 0) is 4.74 Å². The predicted octanol–water partition coefficient (Wildman–Crippen LogP) is 3.68. The molecule has 0 bridgehead atoms. The normalized spacial score (nSPS) is 14.8. The van der Waals surface area contributed by atoms with Crippen LogP contribution in [0.1, 0.15) is 66.7 Å². The Bertz CT molecular complexity index is 247. The van der Waals surface area contributed by atoms with Crippen molar-refractivity contribution in [1.29, 1.82) is 0 Å². The number of likely N-dealkylation sites (N-methyl/N-ethyl adjacent to an activating group) is 1. The smallest absolute Gasteiger partial charge is 0.0623 e. The van der Waals surface area contributed by atoms with Crippen molar-refractivity contribution in [2.24, 2.45) is 0 Å².